The van der Waals surface area contributed by atoms with Gasteiger partial charge in [0.25, 0.3) is 5.91 Å². The van der Waals surface area contributed by atoms with Crippen LogP contribution >= 0.6 is 0 Å². The van der Waals surface area contributed by atoms with E-state index in [4.69, 9.17) is 4.74 Å². The highest BCUT2D eigenvalue weighted by Crippen LogP contribution is 2.21. The van der Waals surface area contributed by atoms with E-state index >= 15 is 0 Å². The Morgan fingerprint density at radius 3 is 2.42 bits per heavy atom. The average Bonchev–Trinajstić information content (AvgIpc) is 2.66. The van der Waals surface area contributed by atoms with Crippen LogP contribution in [0.2, 0.25) is 0 Å². The van der Waals surface area contributed by atoms with Crippen LogP contribution in [-0.4, -0.2) is 38.0 Å². The second kappa shape index (κ2) is 8.50. The first-order chi connectivity index (χ1) is 12.6. The summed E-state index contributed by atoms with van der Waals surface area (Å²) in [7, 11) is 3.97. The molecular formula is C22H24N2O2. The summed E-state index contributed by atoms with van der Waals surface area (Å²) in [4.78, 5) is 14.1. The Bertz CT molecular complexity index is 873. The molecule has 0 aliphatic rings. The Kier molecular flexibility index (Phi) is 5.87. The lowest BCUT2D eigenvalue weighted by molar-refractivity contribution is 0.0951. The number of hydrogen-bond donors (Lipinski definition) is 1. The van der Waals surface area contributed by atoms with Gasteiger partial charge in [-0.15, -0.1) is 0 Å². The minimum Gasteiger partial charge on any atom is -0.489 e. The van der Waals surface area contributed by atoms with Crippen molar-refractivity contribution < 1.29 is 9.53 Å². The second-order valence-corrected chi connectivity index (χ2v) is 6.55. The average molecular weight is 348 g/mol. The summed E-state index contributed by atoms with van der Waals surface area (Å²) in [5, 5.41) is 5.27. The van der Waals surface area contributed by atoms with Crippen LogP contribution in [0.3, 0.4) is 0 Å². The fourth-order valence-corrected chi connectivity index (χ4v) is 2.67. The van der Waals surface area contributed by atoms with E-state index in [1.165, 1.54) is 5.39 Å². The third kappa shape index (κ3) is 4.83. The first-order valence-electron chi connectivity index (χ1n) is 8.75. The number of ether oxygens (including phenoxy) is 1. The normalized spacial score (nSPS) is 10.9. The number of nitrogens with zero attached hydrogens (tertiary/aromatic N) is 1. The standard InChI is InChI=1S/C22H24N2O2/c1-24(2)14-13-23-22(25)19-9-7-17(8-10-19)16-26-21-12-11-18-5-3-4-6-20(18)15-21/h3-12,15H,13-14,16H2,1-2H3,(H,23,25). The maximum atomic E-state index is 12.1. The van der Waals surface area contributed by atoms with Crippen LogP contribution in [-0.2, 0) is 6.61 Å². The molecule has 0 fully saturated rings. The monoisotopic (exact) mass is 348 g/mol. The van der Waals surface area contributed by atoms with Gasteiger partial charge >= 0.3 is 0 Å². The van der Waals surface area contributed by atoms with Crippen LogP contribution in [0.4, 0.5) is 0 Å². The lowest BCUT2D eigenvalue weighted by Gasteiger charge is -2.11. The molecule has 0 bridgehead atoms. The highest BCUT2D eigenvalue weighted by molar-refractivity contribution is 5.94. The van der Waals surface area contributed by atoms with E-state index in [-0.39, 0.29) is 5.91 Å². The van der Waals surface area contributed by atoms with Gasteiger partial charge in [-0.1, -0.05) is 42.5 Å². The maximum Gasteiger partial charge on any atom is 0.251 e. The first-order valence-corrected chi connectivity index (χ1v) is 8.75. The molecule has 134 valence electrons. The maximum absolute atomic E-state index is 12.1. The second-order valence-electron chi connectivity index (χ2n) is 6.55. The fourth-order valence-electron chi connectivity index (χ4n) is 2.67. The van der Waals surface area contributed by atoms with Gasteiger partial charge in [-0.2, -0.15) is 0 Å². The number of amides is 1. The molecule has 0 aromatic heterocycles. The number of carbonyl (C=O) groups is 1. The van der Waals surface area contributed by atoms with E-state index < -0.39 is 0 Å². The van der Waals surface area contributed by atoms with Crippen molar-refractivity contribution in [2.75, 3.05) is 27.2 Å². The Hall–Kier alpha value is -2.85. The Labute approximate surface area is 154 Å². The van der Waals surface area contributed by atoms with E-state index in [0.717, 1.165) is 23.2 Å². The summed E-state index contributed by atoms with van der Waals surface area (Å²) in [6, 6.07) is 21.8. The molecule has 3 aromatic carbocycles. The number of rotatable bonds is 7. The van der Waals surface area contributed by atoms with Gasteiger partial charge < -0.3 is 15.0 Å². The molecule has 4 heteroatoms. The Morgan fingerprint density at radius 1 is 0.962 bits per heavy atom. The van der Waals surface area contributed by atoms with Crippen molar-refractivity contribution in [1.82, 2.24) is 10.2 Å². The summed E-state index contributed by atoms with van der Waals surface area (Å²) in [6.45, 7) is 1.93. The zero-order chi connectivity index (χ0) is 18.4. The molecule has 4 nitrogen and oxygen atoms in total. The van der Waals surface area contributed by atoms with Gasteiger partial charge in [0.05, 0.1) is 0 Å². The molecule has 3 aromatic rings. The summed E-state index contributed by atoms with van der Waals surface area (Å²) in [5.74, 6) is 0.794. The number of likely N-dealkylation sites (N-methyl/N-ethyl adjacent to an activating group) is 1. The molecule has 0 radical (unpaired) electrons. The van der Waals surface area contributed by atoms with Gasteiger partial charge in [0, 0.05) is 18.7 Å². The lowest BCUT2D eigenvalue weighted by atomic mass is 10.1. The van der Waals surface area contributed by atoms with Crippen LogP contribution in [0.15, 0.2) is 66.7 Å². The predicted octanol–water partition coefficient (Wildman–Crippen LogP) is 3.71. The SMILES string of the molecule is CN(C)CCNC(=O)c1ccc(COc2ccc3ccccc3c2)cc1. The van der Waals surface area contributed by atoms with Crippen molar-refractivity contribution in [3.8, 4) is 5.75 Å². The molecule has 1 N–H and O–H groups in total. The van der Waals surface area contributed by atoms with E-state index in [1.54, 1.807) is 0 Å². The van der Waals surface area contributed by atoms with Crippen LogP contribution in [0.25, 0.3) is 10.8 Å². The minimum absolute atomic E-state index is 0.0474. The molecular weight excluding hydrogens is 324 g/mol. The molecule has 0 aliphatic carbocycles. The molecule has 0 heterocycles. The van der Waals surface area contributed by atoms with Crippen LogP contribution < -0.4 is 10.1 Å². The summed E-state index contributed by atoms with van der Waals surface area (Å²) >= 11 is 0. The summed E-state index contributed by atoms with van der Waals surface area (Å²) in [5.41, 5.74) is 1.70. The lowest BCUT2D eigenvalue weighted by Crippen LogP contribution is -2.31. The van der Waals surface area contributed by atoms with Crippen molar-refractivity contribution in [2.45, 2.75) is 6.61 Å². The van der Waals surface area contributed by atoms with E-state index in [2.05, 4.69) is 23.5 Å². The number of benzene rings is 3. The summed E-state index contributed by atoms with van der Waals surface area (Å²) < 4.78 is 5.89. The van der Waals surface area contributed by atoms with Crippen molar-refractivity contribution in [1.29, 1.82) is 0 Å². The van der Waals surface area contributed by atoms with Crippen molar-refractivity contribution in [3.63, 3.8) is 0 Å². The van der Waals surface area contributed by atoms with Crippen molar-refractivity contribution >= 4 is 16.7 Å². The number of fused-ring (bicyclic) bond motifs is 1. The third-order valence-electron chi connectivity index (χ3n) is 4.19. The molecule has 26 heavy (non-hydrogen) atoms. The third-order valence-corrected chi connectivity index (χ3v) is 4.19. The topological polar surface area (TPSA) is 41.6 Å². The molecule has 0 spiro atoms. The highest BCUT2D eigenvalue weighted by Gasteiger charge is 2.05. The first kappa shape index (κ1) is 18.0. The molecule has 1 amide bonds. The van der Waals surface area contributed by atoms with Crippen molar-refractivity contribution in [3.05, 3.63) is 77.9 Å². The van der Waals surface area contributed by atoms with Gasteiger partial charge in [-0.3, -0.25) is 4.79 Å². The number of hydrogen-bond acceptors (Lipinski definition) is 3. The zero-order valence-electron chi connectivity index (χ0n) is 15.2. The molecule has 0 atom stereocenters. The minimum atomic E-state index is -0.0474. The smallest absolute Gasteiger partial charge is 0.251 e. The quantitative estimate of drug-likeness (QED) is 0.708. The van der Waals surface area contributed by atoms with E-state index in [9.17, 15) is 4.79 Å². The Balaban J connectivity index is 1.55. The van der Waals surface area contributed by atoms with Crippen molar-refractivity contribution in [2.24, 2.45) is 0 Å². The highest BCUT2D eigenvalue weighted by atomic mass is 16.5. The number of nitrogens with one attached hydrogen (secondary N) is 1. The largest absolute Gasteiger partial charge is 0.489 e. The van der Waals surface area contributed by atoms with E-state index in [1.807, 2.05) is 67.5 Å². The van der Waals surface area contributed by atoms with Gasteiger partial charge in [-0.25, -0.2) is 0 Å². The number of carbonyl (C=O) groups excluding carboxylic acids is 1. The molecule has 3 rings (SSSR count). The van der Waals surface area contributed by atoms with Crippen LogP contribution in [0.5, 0.6) is 5.75 Å². The van der Waals surface area contributed by atoms with Gasteiger partial charge in [0.2, 0.25) is 0 Å². The molecule has 0 aliphatic heterocycles. The van der Waals surface area contributed by atoms with E-state index in [0.29, 0.717) is 18.7 Å². The predicted molar refractivity (Wildman–Crippen MR) is 106 cm³/mol. The van der Waals surface area contributed by atoms with Gasteiger partial charge in [0.15, 0.2) is 0 Å². The van der Waals surface area contributed by atoms with Gasteiger partial charge in [0.1, 0.15) is 12.4 Å². The van der Waals surface area contributed by atoms with Gasteiger partial charge in [-0.05, 0) is 54.7 Å². The molecule has 0 unspecified atom stereocenters. The molecule has 0 saturated carbocycles. The fraction of sp³-hybridized carbons (Fsp3) is 0.227. The Morgan fingerprint density at radius 2 is 1.69 bits per heavy atom. The van der Waals surface area contributed by atoms with Crippen LogP contribution in [0.1, 0.15) is 15.9 Å². The van der Waals surface area contributed by atoms with Crippen LogP contribution in [0, 0.1) is 0 Å². The molecule has 0 saturated heterocycles. The summed E-state index contributed by atoms with van der Waals surface area (Å²) in [6.07, 6.45) is 0. The zero-order valence-corrected chi connectivity index (χ0v) is 15.2.